The fourth-order valence-electron chi connectivity index (χ4n) is 2.23. The third-order valence-electron chi connectivity index (χ3n) is 3.27. The molecule has 2 N–H and O–H groups in total. The second-order valence-electron chi connectivity index (χ2n) is 4.64. The van der Waals surface area contributed by atoms with Gasteiger partial charge in [-0.25, -0.2) is 9.67 Å². The van der Waals surface area contributed by atoms with E-state index >= 15 is 0 Å². The predicted octanol–water partition coefficient (Wildman–Crippen LogP) is 1.17. The van der Waals surface area contributed by atoms with Gasteiger partial charge in [0.25, 0.3) is 11.1 Å². The number of fused-ring (bicyclic) bond motifs is 1. The summed E-state index contributed by atoms with van der Waals surface area (Å²) >= 11 is 0. The Kier molecular flexibility index (Phi) is 3.27. The van der Waals surface area contributed by atoms with Gasteiger partial charge in [0, 0.05) is 7.05 Å². The van der Waals surface area contributed by atoms with Crippen LogP contribution in [0.15, 0.2) is 52.1 Å². The first-order chi connectivity index (χ1) is 10.2. The van der Waals surface area contributed by atoms with Gasteiger partial charge in [-0.05, 0) is 24.3 Å². The molecule has 0 unspecified atom stereocenters. The van der Waals surface area contributed by atoms with E-state index in [1.165, 1.54) is 4.68 Å². The molecule has 2 aromatic heterocycles. The number of rotatable bonds is 3. The maximum Gasteiger partial charge on any atom is 0.273 e. The lowest BCUT2D eigenvalue weighted by Crippen LogP contribution is -2.30. The predicted molar refractivity (Wildman–Crippen MR) is 81.7 cm³/mol. The summed E-state index contributed by atoms with van der Waals surface area (Å²) in [5.74, 6) is 0.712. The van der Waals surface area contributed by atoms with Gasteiger partial charge in [-0.1, -0.05) is 18.2 Å². The molecule has 1 aromatic carbocycles. The van der Waals surface area contributed by atoms with Crippen LogP contribution in [-0.4, -0.2) is 21.8 Å². The van der Waals surface area contributed by atoms with Crippen molar-refractivity contribution in [3.05, 3.63) is 68.9 Å². The molecule has 0 fully saturated rings. The number of aromatic amines is 1. The molecule has 6 nitrogen and oxygen atoms in total. The maximum absolute atomic E-state index is 12.4. The molecule has 2 heterocycles. The Balaban J connectivity index is 2.11. The Hall–Kier alpha value is -2.89. The largest absolute Gasteiger partial charge is 0.373 e. The van der Waals surface area contributed by atoms with Crippen molar-refractivity contribution in [2.24, 2.45) is 0 Å². The second kappa shape index (κ2) is 5.24. The van der Waals surface area contributed by atoms with Gasteiger partial charge in [-0.2, -0.15) is 0 Å². The van der Waals surface area contributed by atoms with Crippen LogP contribution in [0.3, 0.4) is 0 Å². The monoisotopic (exact) mass is 282 g/mol. The van der Waals surface area contributed by atoms with E-state index in [2.05, 4.69) is 15.4 Å². The number of H-pyrrole nitrogens is 1. The van der Waals surface area contributed by atoms with Crippen LogP contribution >= 0.6 is 0 Å². The highest BCUT2D eigenvalue weighted by molar-refractivity contribution is 5.80. The summed E-state index contributed by atoms with van der Waals surface area (Å²) < 4.78 is 1.28. The lowest BCUT2D eigenvalue weighted by Gasteiger charge is -2.08. The van der Waals surface area contributed by atoms with Gasteiger partial charge in [-0.3, -0.25) is 14.7 Å². The van der Waals surface area contributed by atoms with Crippen molar-refractivity contribution in [3.63, 3.8) is 0 Å². The van der Waals surface area contributed by atoms with Crippen LogP contribution in [-0.2, 0) is 6.54 Å². The summed E-state index contributed by atoms with van der Waals surface area (Å²) in [5, 5.41) is 6.34. The van der Waals surface area contributed by atoms with Crippen LogP contribution in [0, 0.1) is 0 Å². The molecule has 0 aliphatic carbocycles. The summed E-state index contributed by atoms with van der Waals surface area (Å²) in [6.45, 7) is 0.217. The maximum atomic E-state index is 12.4. The number of pyridine rings is 1. The highest BCUT2D eigenvalue weighted by Gasteiger charge is 2.07. The molecule has 106 valence electrons. The number of nitrogens with zero attached hydrogens (tertiary/aromatic N) is 2. The van der Waals surface area contributed by atoms with Crippen LogP contribution < -0.4 is 16.4 Å². The SMILES string of the molecule is CNc1cccc(Cn2[nH]c(=O)c3ccccc3c2=O)n1. The van der Waals surface area contributed by atoms with Crippen molar-refractivity contribution < 1.29 is 0 Å². The van der Waals surface area contributed by atoms with Crippen molar-refractivity contribution in [3.8, 4) is 0 Å². The fourth-order valence-corrected chi connectivity index (χ4v) is 2.23. The molecular formula is C15H14N4O2. The van der Waals surface area contributed by atoms with Crippen molar-refractivity contribution in [2.75, 3.05) is 12.4 Å². The quantitative estimate of drug-likeness (QED) is 0.756. The zero-order valence-corrected chi connectivity index (χ0v) is 11.5. The van der Waals surface area contributed by atoms with Crippen molar-refractivity contribution in [1.82, 2.24) is 14.8 Å². The first kappa shape index (κ1) is 13.1. The van der Waals surface area contributed by atoms with Gasteiger partial charge >= 0.3 is 0 Å². The zero-order valence-electron chi connectivity index (χ0n) is 11.5. The smallest absolute Gasteiger partial charge is 0.273 e. The Bertz CT molecular complexity index is 911. The number of hydrogen-bond donors (Lipinski definition) is 2. The third kappa shape index (κ3) is 2.43. The molecule has 0 atom stereocenters. The molecule has 0 saturated heterocycles. The molecule has 0 bridgehead atoms. The first-order valence-electron chi connectivity index (χ1n) is 6.54. The minimum atomic E-state index is -0.282. The van der Waals surface area contributed by atoms with Gasteiger partial charge in [0.05, 0.1) is 23.0 Å². The van der Waals surface area contributed by atoms with Gasteiger partial charge in [0.1, 0.15) is 5.82 Å². The summed E-state index contributed by atoms with van der Waals surface area (Å²) in [7, 11) is 1.77. The number of hydrogen-bond acceptors (Lipinski definition) is 4. The van der Waals surface area contributed by atoms with Crippen molar-refractivity contribution in [2.45, 2.75) is 6.54 Å². The summed E-state index contributed by atoms with van der Waals surface area (Å²) in [5.41, 5.74) is 0.173. The topological polar surface area (TPSA) is 79.8 Å². The van der Waals surface area contributed by atoms with E-state index in [1.807, 2.05) is 12.1 Å². The third-order valence-corrected chi connectivity index (χ3v) is 3.27. The second-order valence-corrected chi connectivity index (χ2v) is 4.64. The Morgan fingerprint density at radius 1 is 1.10 bits per heavy atom. The van der Waals surface area contributed by atoms with Crippen LogP contribution in [0.2, 0.25) is 0 Å². The summed E-state index contributed by atoms with van der Waals surface area (Å²) in [6, 6.07) is 12.3. The highest BCUT2D eigenvalue weighted by Crippen LogP contribution is 2.06. The number of anilines is 1. The normalized spacial score (nSPS) is 10.7. The molecule has 0 spiro atoms. The van der Waals surface area contributed by atoms with E-state index in [0.717, 1.165) is 0 Å². The van der Waals surface area contributed by atoms with E-state index in [9.17, 15) is 9.59 Å². The van der Waals surface area contributed by atoms with E-state index in [0.29, 0.717) is 22.3 Å². The van der Waals surface area contributed by atoms with Crippen LogP contribution in [0.4, 0.5) is 5.82 Å². The number of nitrogens with one attached hydrogen (secondary N) is 2. The molecule has 0 amide bonds. The zero-order chi connectivity index (χ0) is 14.8. The molecule has 0 aliphatic heterocycles. The Morgan fingerprint density at radius 2 is 1.86 bits per heavy atom. The van der Waals surface area contributed by atoms with Gasteiger partial charge < -0.3 is 5.32 Å². The number of benzene rings is 1. The Labute approximate surface area is 120 Å². The summed E-state index contributed by atoms with van der Waals surface area (Å²) in [6.07, 6.45) is 0. The Morgan fingerprint density at radius 3 is 2.62 bits per heavy atom. The molecule has 21 heavy (non-hydrogen) atoms. The van der Waals surface area contributed by atoms with Crippen LogP contribution in [0.5, 0.6) is 0 Å². The molecule has 0 aliphatic rings. The molecule has 0 saturated carbocycles. The first-order valence-corrected chi connectivity index (χ1v) is 6.54. The molecule has 0 radical (unpaired) electrons. The van der Waals surface area contributed by atoms with Crippen LogP contribution in [0.1, 0.15) is 5.69 Å². The summed E-state index contributed by atoms with van der Waals surface area (Å²) in [4.78, 5) is 28.8. The van der Waals surface area contributed by atoms with Crippen molar-refractivity contribution >= 4 is 16.6 Å². The minimum Gasteiger partial charge on any atom is -0.373 e. The molecule has 3 rings (SSSR count). The number of aromatic nitrogens is 3. The molecular weight excluding hydrogens is 268 g/mol. The van der Waals surface area contributed by atoms with E-state index < -0.39 is 0 Å². The average molecular weight is 282 g/mol. The molecule has 3 aromatic rings. The van der Waals surface area contributed by atoms with Crippen LogP contribution in [0.25, 0.3) is 10.8 Å². The fraction of sp³-hybridized carbons (Fsp3) is 0.133. The van der Waals surface area contributed by atoms with E-state index in [1.54, 1.807) is 37.4 Å². The standard InChI is InChI=1S/C15H14N4O2/c1-16-13-8-4-5-10(17-13)9-19-15(21)12-7-3-2-6-11(12)14(20)18-19/h2-8H,9H2,1H3,(H,16,17)(H,18,20). The molecule has 6 heteroatoms. The lowest BCUT2D eigenvalue weighted by atomic mass is 10.2. The van der Waals surface area contributed by atoms with Gasteiger partial charge in [-0.15, -0.1) is 0 Å². The van der Waals surface area contributed by atoms with Gasteiger partial charge in [0.15, 0.2) is 0 Å². The van der Waals surface area contributed by atoms with E-state index in [-0.39, 0.29) is 17.7 Å². The van der Waals surface area contributed by atoms with Gasteiger partial charge in [0.2, 0.25) is 0 Å². The lowest BCUT2D eigenvalue weighted by molar-refractivity contribution is 0.626. The highest BCUT2D eigenvalue weighted by atomic mass is 16.2. The average Bonchev–Trinajstić information content (AvgIpc) is 2.52. The van der Waals surface area contributed by atoms with Crippen molar-refractivity contribution in [1.29, 1.82) is 0 Å². The minimum absolute atomic E-state index is 0.217. The van der Waals surface area contributed by atoms with E-state index in [4.69, 9.17) is 0 Å².